The first-order valence-corrected chi connectivity index (χ1v) is 11.5. The van der Waals surface area contributed by atoms with Gasteiger partial charge >= 0.3 is 11.9 Å². The molecule has 8 N–H and O–H groups in total. The van der Waals surface area contributed by atoms with E-state index in [1.807, 2.05) is 42.5 Å². The van der Waals surface area contributed by atoms with Gasteiger partial charge in [0, 0.05) is 5.56 Å². The van der Waals surface area contributed by atoms with Gasteiger partial charge in [-0.3, -0.25) is 14.4 Å². The van der Waals surface area contributed by atoms with Crippen LogP contribution in [0.3, 0.4) is 0 Å². The second kappa shape index (κ2) is 15.7. The lowest BCUT2D eigenvalue weighted by Crippen LogP contribution is -2.49. The number of carboxylic acids is 2. The van der Waals surface area contributed by atoms with Crippen molar-refractivity contribution in [1.82, 2.24) is 0 Å². The van der Waals surface area contributed by atoms with Crippen LogP contribution in [0, 0.1) is 0 Å². The normalized spacial score (nSPS) is 14.9. The number of carbonyl (C=O) groups is 3. The Labute approximate surface area is 201 Å². The van der Waals surface area contributed by atoms with Crippen LogP contribution in [0.15, 0.2) is 54.6 Å². The van der Waals surface area contributed by atoms with Gasteiger partial charge in [0.15, 0.2) is 0 Å². The Morgan fingerprint density at radius 2 is 1.47 bits per heavy atom. The van der Waals surface area contributed by atoms with Crippen LogP contribution >= 0.6 is 0 Å². The van der Waals surface area contributed by atoms with Crippen LogP contribution in [0.4, 0.5) is 0 Å². The molecule has 2 aromatic carbocycles. The first-order chi connectivity index (χ1) is 16.2. The number of carboxylic acid groups (broad SMARTS) is 2. The third-order valence-electron chi connectivity index (χ3n) is 5.61. The van der Waals surface area contributed by atoms with Crippen molar-refractivity contribution >= 4 is 18.2 Å². The van der Waals surface area contributed by atoms with Crippen LogP contribution in [0.2, 0.25) is 0 Å². The summed E-state index contributed by atoms with van der Waals surface area (Å²) in [6, 6.07) is 17.0. The van der Waals surface area contributed by atoms with E-state index in [-0.39, 0.29) is 0 Å². The Hall–Kier alpha value is -3.07. The summed E-state index contributed by atoms with van der Waals surface area (Å²) < 4.78 is 0. The fourth-order valence-corrected chi connectivity index (χ4v) is 3.41. The predicted molar refractivity (Wildman–Crippen MR) is 133 cm³/mol. The number of aliphatic carboxylic acids is 2. The zero-order chi connectivity index (χ0) is 25.4. The summed E-state index contributed by atoms with van der Waals surface area (Å²) in [4.78, 5) is 31.1. The summed E-state index contributed by atoms with van der Waals surface area (Å²) in [5, 5.41) is 17.0. The zero-order valence-electron chi connectivity index (χ0n) is 19.6. The number of benzene rings is 2. The molecule has 0 unspecified atom stereocenters. The lowest BCUT2D eigenvalue weighted by atomic mass is 9.83. The Morgan fingerprint density at radius 1 is 0.912 bits per heavy atom. The van der Waals surface area contributed by atoms with E-state index < -0.39 is 23.5 Å². The number of carbonyl (C=O) groups excluding carboxylic acids is 1. The highest BCUT2D eigenvalue weighted by atomic mass is 16.4. The fourth-order valence-electron chi connectivity index (χ4n) is 3.41. The molecule has 0 aromatic heterocycles. The molecule has 8 heteroatoms. The molecule has 0 spiro atoms. The quantitative estimate of drug-likeness (QED) is 0.288. The van der Waals surface area contributed by atoms with Crippen molar-refractivity contribution in [2.75, 3.05) is 6.54 Å². The number of aldehydes is 1. The van der Waals surface area contributed by atoms with Crippen molar-refractivity contribution in [2.45, 2.75) is 62.9 Å². The SMILES string of the molecule is NC1(C(=O)O)CCCCC1.NCCCC[C@H](N)C(=O)O.O=Cc1ccc(-c2ccccc2)cc1. The van der Waals surface area contributed by atoms with Crippen molar-refractivity contribution in [3.63, 3.8) is 0 Å². The van der Waals surface area contributed by atoms with Gasteiger partial charge in [-0.15, -0.1) is 0 Å². The molecule has 0 aliphatic heterocycles. The van der Waals surface area contributed by atoms with Gasteiger partial charge in [-0.2, -0.15) is 0 Å². The molecule has 1 atom stereocenters. The molecule has 0 heterocycles. The van der Waals surface area contributed by atoms with E-state index in [1.54, 1.807) is 0 Å². The molecule has 34 heavy (non-hydrogen) atoms. The van der Waals surface area contributed by atoms with Crippen molar-refractivity contribution in [1.29, 1.82) is 0 Å². The first-order valence-electron chi connectivity index (χ1n) is 11.5. The van der Waals surface area contributed by atoms with Crippen LogP contribution < -0.4 is 17.2 Å². The number of nitrogens with two attached hydrogens (primary N) is 3. The number of hydrogen-bond acceptors (Lipinski definition) is 6. The van der Waals surface area contributed by atoms with Gasteiger partial charge in [0.2, 0.25) is 0 Å². The maximum atomic E-state index is 10.6. The zero-order valence-corrected chi connectivity index (χ0v) is 19.6. The molecule has 2 aromatic rings. The monoisotopic (exact) mass is 471 g/mol. The van der Waals surface area contributed by atoms with Gasteiger partial charge in [-0.1, -0.05) is 80.3 Å². The minimum atomic E-state index is -0.933. The average Bonchev–Trinajstić information content (AvgIpc) is 2.86. The fraction of sp³-hybridized carbons (Fsp3) is 0.423. The molecule has 0 amide bonds. The average molecular weight is 472 g/mol. The highest BCUT2D eigenvalue weighted by Gasteiger charge is 2.34. The molecule has 8 nitrogen and oxygen atoms in total. The summed E-state index contributed by atoms with van der Waals surface area (Å²) in [7, 11) is 0. The lowest BCUT2D eigenvalue weighted by molar-refractivity contribution is -0.144. The van der Waals surface area contributed by atoms with Gasteiger partial charge in [-0.25, -0.2) is 0 Å². The van der Waals surface area contributed by atoms with Gasteiger partial charge < -0.3 is 27.4 Å². The Kier molecular flexibility index (Phi) is 13.4. The summed E-state index contributed by atoms with van der Waals surface area (Å²) in [6.07, 6.45) is 7.36. The third kappa shape index (κ3) is 10.7. The molecule has 1 aliphatic rings. The molecule has 0 bridgehead atoms. The lowest BCUT2D eigenvalue weighted by Gasteiger charge is -2.28. The van der Waals surface area contributed by atoms with E-state index >= 15 is 0 Å². The van der Waals surface area contributed by atoms with Crippen LogP contribution in [-0.4, -0.2) is 46.6 Å². The summed E-state index contributed by atoms with van der Waals surface area (Å²) in [5.74, 6) is -1.77. The molecule has 0 radical (unpaired) electrons. The van der Waals surface area contributed by atoms with Crippen LogP contribution in [0.25, 0.3) is 11.1 Å². The van der Waals surface area contributed by atoms with Crippen LogP contribution in [0.1, 0.15) is 61.7 Å². The van der Waals surface area contributed by atoms with Gasteiger partial charge in [0.1, 0.15) is 17.9 Å². The predicted octanol–water partition coefficient (Wildman–Crippen LogP) is 3.43. The van der Waals surface area contributed by atoms with Crippen molar-refractivity contribution in [3.8, 4) is 11.1 Å². The minimum absolute atomic E-state index is 0.520. The van der Waals surface area contributed by atoms with E-state index in [4.69, 9.17) is 27.4 Å². The highest BCUT2D eigenvalue weighted by Crippen LogP contribution is 2.25. The van der Waals surface area contributed by atoms with E-state index in [1.165, 1.54) is 5.56 Å². The summed E-state index contributed by atoms with van der Waals surface area (Å²) in [6.45, 7) is 0.604. The maximum Gasteiger partial charge on any atom is 0.323 e. The number of hydrogen-bond donors (Lipinski definition) is 5. The van der Waals surface area contributed by atoms with Crippen LogP contribution in [-0.2, 0) is 9.59 Å². The van der Waals surface area contributed by atoms with Crippen molar-refractivity contribution in [2.24, 2.45) is 17.2 Å². The molecule has 1 fully saturated rings. The number of rotatable bonds is 8. The second-order valence-corrected chi connectivity index (χ2v) is 8.36. The smallest absolute Gasteiger partial charge is 0.323 e. The van der Waals surface area contributed by atoms with Crippen molar-refractivity contribution in [3.05, 3.63) is 60.2 Å². The van der Waals surface area contributed by atoms with Gasteiger partial charge in [0.05, 0.1) is 0 Å². The van der Waals surface area contributed by atoms with Gasteiger partial charge in [-0.05, 0) is 43.4 Å². The topological polar surface area (TPSA) is 170 Å². The molecule has 1 aliphatic carbocycles. The largest absolute Gasteiger partial charge is 0.480 e. The maximum absolute atomic E-state index is 10.6. The first kappa shape index (κ1) is 29.0. The third-order valence-corrected chi connectivity index (χ3v) is 5.61. The Bertz CT molecular complexity index is 866. The van der Waals surface area contributed by atoms with E-state index in [0.717, 1.165) is 44.0 Å². The molecule has 186 valence electrons. The van der Waals surface area contributed by atoms with Crippen molar-refractivity contribution < 1.29 is 24.6 Å². The Balaban J connectivity index is 0.000000262. The molecule has 0 saturated heterocycles. The highest BCUT2D eigenvalue weighted by molar-refractivity contribution is 5.78. The molecular formula is C26H37N3O5. The Morgan fingerprint density at radius 3 is 1.91 bits per heavy atom. The standard InChI is InChI=1S/C13H10O.C7H13NO2.C6H14N2O2/c14-10-11-6-8-13(9-7-11)12-4-2-1-3-5-12;8-7(6(9)10)4-2-1-3-5-7;7-4-2-1-3-5(8)6(9)10/h1-10H;1-5,8H2,(H,9,10);5H,1-4,7-8H2,(H,9,10)/t;;5-/m..0/s1. The van der Waals surface area contributed by atoms with E-state index in [0.29, 0.717) is 31.4 Å². The van der Waals surface area contributed by atoms with E-state index in [2.05, 4.69) is 12.1 Å². The number of unbranched alkanes of at least 4 members (excludes halogenated alkanes) is 1. The molecular weight excluding hydrogens is 434 g/mol. The minimum Gasteiger partial charge on any atom is -0.480 e. The van der Waals surface area contributed by atoms with Gasteiger partial charge in [0.25, 0.3) is 0 Å². The van der Waals surface area contributed by atoms with E-state index in [9.17, 15) is 14.4 Å². The van der Waals surface area contributed by atoms with Crippen LogP contribution in [0.5, 0.6) is 0 Å². The second-order valence-electron chi connectivity index (χ2n) is 8.36. The summed E-state index contributed by atoms with van der Waals surface area (Å²) in [5.41, 5.74) is 18.1. The molecule has 3 rings (SSSR count). The molecule has 1 saturated carbocycles. The summed E-state index contributed by atoms with van der Waals surface area (Å²) >= 11 is 0.